The third kappa shape index (κ3) is 5.09. The van der Waals surface area contributed by atoms with Crippen molar-refractivity contribution in [3.05, 3.63) is 23.6 Å². The predicted molar refractivity (Wildman–Crippen MR) is 99.6 cm³/mol. The lowest BCUT2D eigenvalue weighted by atomic mass is 9.79. The fourth-order valence-corrected chi connectivity index (χ4v) is 3.47. The van der Waals surface area contributed by atoms with Gasteiger partial charge in [0, 0.05) is 12.3 Å². The zero-order valence-corrected chi connectivity index (χ0v) is 16.6. The minimum Gasteiger partial charge on any atom is -0.444 e. The fourth-order valence-electron chi connectivity index (χ4n) is 3.47. The standard InChI is InChI=1S/C19H28FN3O5/c1-11-7-12(5-6-13(11)20)19(27)8-14(16(21)25)23(10-19)15(24)9-22-17(26)28-18(2,3)4/h5-6,12,14,27H,7-10H2,1-4H3,(H2,21,25)(H,22,26)/t12?,14-,19-/m0/s1. The summed E-state index contributed by atoms with van der Waals surface area (Å²) in [6, 6.07) is -1.01. The molecule has 1 aliphatic heterocycles. The lowest BCUT2D eigenvalue weighted by Gasteiger charge is -2.32. The van der Waals surface area contributed by atoms with E-state index in [2.05, 4.69) is 5.32 Å². The van der Waals surface area contributed by atoms with Crippen LogP contribution < -0.4 is 11.1 Å². The molecule has 3 amide bonds. The van der Waals surface area contributed by atoms with Crippen molar-refractivity contribution in [1.82, 2.24) is 10.2 Å². The van der Waals surface area contributed by atoms with E-state index in [1.807, 2.05) is 0 Å². The van der Waals surface area contributed by atoms with Crippen molar-refractivity contribution in [3.63, 3.8) is 0 Å². The maximum Gasteiger partial charge on any atom is 0.408 e. The summed E-state index contributed by atoms with van der Waals surface area (Å²) in [7, 11) is 0. The van der Waals surface area contributed by atoms with Crippen molar-refractivity contribution < 1.29 is 28.6 Å². The van der Waals surface area contributed by atoms with Crippen LogP contribution in [0.4, 0.5) is 9.18 Å². The first-order chi connectivity index (χ1) is 12.8. The van der Waals surface area contributed by atoms with Crippen LogP contribution in [-0.2, 0) is 14.3 Å². The second-order valence-corrected chi connectivity index (χ2v) is 8.40. The van der Waals surface area contributed by atoms with Gasteiger partial charge in [0.2, 0.25) is 11.8 Å². The number of nitrogens with zero attached hydrogens (tertiary/aromatic N) is 1. The second kappa shape index (κ2) is 7.90. The van der Waals surface area contributed by atoms with Gasteiger partial charge in [0.15, 0.2) is 0 Å². The maximum absolute atomic E-state index is 13.6. The van der Waals surface area contributed by atoms with Gasteiger partial charge in [0.25, 0.3) is 0 Å². The van der Waals surface area contributed by atoms with Crippen molar-refractivity contribution in [1.29, 1.82) is 0 Å². The van der Waals surface area contributed by atoms with E-state index in [4.69, 9.17) is 10.5 Å². The van der Waals surface area contributed by atoms with Gasteiger partial charge in [-0.1, -0.05) is 6.08 Å². The highest BCUT2D eigenvalue weighted by Gasteiger charge is 2.50. The van der Waals surface area contributed by atoms with Gasteiger partial charge in [0.1, 0.15) is 24.0 Å². The van der Waals surface area contributed by atoms with Crippen LogP contribution in [0.25, 0.3) is 0 Å². The Labute approximate surface area is 163 Å². The average molecular weight is 397 g/mol. The summed E-state index contributed by atoms with van der Waals surface area (Å²) in [5.41, 5.74) is 3.78. The number of nitrogens with two attached hydrogens (primary N) is 1. The molecule has 1 unspecified atom stereocenters. The third-order valence-corrected chi connectivity index (χ3v) is 4.90. The first kappa shape index (κ1) is 21.9. The first-order valence-corrected chi connectivity index (χ1v) is 9.14. The van der Waals surface area contributed by atoms with Gasteiger partial charge in [-0.25, -0.2) is 9.18 Å². The summed E-state index contributed by atoms with van der Waals surface area (Å²) in [6.07, 6.45) is 2.30. The number of carbonyl (C=O) groups excluding carboxylic acids is 3. The van der Waals surface area contributed by atoms with Crippen LogP contribution >= 0.6 is 0 Å². The molecule has 3 atom stereocenters. The number of primary amides is 1. The number of carbonyl (C=O) groups is 3. The van der Waals surface area contributed by atoms with E-state index in [1.54, 1.807) is 33.8 Å². The predicted octanol–water partition coefficient (Wildman–Crippen LogP) is 1.15. The maximum atomic E-state index is 13.6. The molecule has 8 nitrogen and oxygen atoms in total. The number of rotatable bonds is 4. The van der Waals surface area contributed by atoms with Crippen molar-refractivity contribution in [2.45, 2.75) is 57.8 Å². The molecule has 0 spiro atoms. The van der Waals surface area contributed by atoms with Gasteiger partial charge in [-0.15, -0.1) is 0 Å². The molecule has 1 saturated heterocycles. The number of β-amino-alcohol motifs (C(OH)–C–C–N with tert-alkyl or cyclic N) is 1. The lowest BCUT2D eigenvalue weighted by Crippen LogP contribution is -2.48. The van der Waals surface area contributed by atoms with Gasteiger partial charge < -0.3 is 25.8 Å². The van der Waals surface area contributed by atoms with E-state index in [0.717, 1.165) is 4.90 Å². The second-order valence-electron chi connectivity index (χ2n) is 8.40. The molecule has 9 heteroatoms. The Bertz CT molecular complexity index is 728. The van der Waals surface area contributed by atoms with Gasteiger partial charge in [-0.3, -0.25) is 9.59 Å². The Balaban J connectivity index is 2.07. The number of hydrogen-bond donors (Lipinski definition) is 3. The van der Waals surface area contributed by atoms with Crippen LogP contribution in [-0.4, -0.2) is 58.2 Å². The smallest absolute Gasteiger partial charge is 0.408 e. The van der Waals surface area contributed by atoms with Gasteiger partial charge in [-0.2, -0.15) is 0 Å². The zero-order valence-electron chi connectivity index (χ0n) is 16.6. The minimum absolute atomic E-state index is 0.0512. The third-order valence-electron chi connectivity index (χ3n) is 4.90. The molecule has 1 aliphatic carbocycles. The number of halogens is 1. The largest absolute Gasteiger partial charge is 0.444 e. The molecular weight excluding hydrogens is 369 g/mol. The number of aliphatic hydroxyl groups is 1. The van der Waals surface area contributed by atoms with E-state index in [9.17, 15) is 23.9 Å². The summed E-state index contributed by atoms with van der Waals surface area (Å²) < 4.78 is 18.7. The number of likely N-dealkylation sites (tertiary alicyclic amines) is 1. The number of allylic oxidation sites excluding steroid dienone is 3. The van der Waals surface area contributed by atoms with E-state index in [-0.39, 0.29) is 25.2 Å². The normalized spacial score (nSPS) is 27.7. The molecule has 0 saturated carbocycles. The molecule has 4 N–H and O–H groups in total. The quantitative estimate of drug-likeness (QED) is 0.657. The fraction of sp³-hybridized carbons (Fsp3) is 0.632. The summed E-state index contributed by atoms with van der Waals surface area (Å²) in [5.74, 6) is -2.12. The Morgan fingerprint density at radius 1 is 1.43 bits per heavy atom. The number of alkyl carbamates (subject to hydrolysis) is 1. The van der Waals surface area contributed by atoms with E-state index in [0.29, 0.717) is 5.57 Å². The van der Waals surface area contributed by atoms with Crippen LogP contribution in [0.3, 0.4) is 0 Å². The van der Waals surface area contributed by atoms with E-state index >= 15 is 0 Å². The molecule has 0 aromatic rings. The van der Waals surface area contributed by atoms with Crippen molar-refractivity contribution in [3.8, 4) is 0 Å². The highest BCUT2D eigenvalue weighted by atomic mass is 19.1. The minimum atomic E-state index is -1.42. The molecule has 0 radical (unpaired) electrons. The molecule has 0 aromatic heterocycles. The molecule has 28 heavy (non-hydrogen) atoms. The molecule has 1 fully saturated rings. The highest BCUT2D eigenvalue weighted by Crippen LogP contribution is 2.39. The van der Waals surface area contributed by atoms with E-state index in [1.165, 1.54) is 6.08 Å². The molecule has 2 aliphatic rings. The lowest BCUT2D eigenvalue weighted by molar-refractivity contribution is -0.136. The topological polar surface area (TPSA) is 122 Å². The van der Waals surface area contributed by atoms with Crippen molar-refractivity contribution in [2.24, 2.45) is 11.7 Å². The number of nitrogens with one attached hydrogen (secondary N) is 1. The Hall–Kier alpha value is -2.42. The first-order valence-electron chi connectivity index (χ1n) is 9.14. The highest BCUT2D eigenvalue weighted by molar-refractivity contribution is 5.89. The molecule has 1 heterocycles. The van der Waals surface area contributed by atoms with Crippen molar-refractivity contribution >= 4 is 17.9 Å². The van der Waals surface area contributed by atoms with Crippen LogP contribution in [0.15, 0.2) is 23.6 Å². The monoisotopic (exact) mass is 397 g/mol. The van der Waals surface area contributed by atoms with Crippen LogP contribution in [0.5, 0.6) is 0 Å². The van der Waals surface area contributed by atoms with E-state index < -0.39 is 47.6 Å². The van der Waals surface area contributed by atoms with Crippen molar-refractivity contribution in [2.75, 3.05) is 13.1 Å². The zero-order chi connectivity index (χ0) is 21.3. The Kier molecular flexibility index (Phi) is 6.18. The molecule has 0 aromatic carbocycles. The average Bonchev–Trinajstić information content (AvgIpc) is 2.93. The van der Waals surface area contributed by atoms with Crippen LogP contribution in [0.2, 0.25) is 0 Å². The Morgan fingerprint density at radius 2 is 2.07 bits per heavy atom. The van der Waals surface area contributed by atoms with Gasteiger partial charge in [-0.05, 0) is 45.8 Å². The van der Waals surface area contributed by atoms with Gasteiger partial charge in [0.05, 0.1) is 12.1 Å². The number of hydrogen-bond acceptors (Lipinski definition) is 5. The summed E-state index contributed by atoms with van der Waals surface area (Å²) in [4.78, 5) is 37.3. The van der Waals surface area contributed by atoms with Crippen LogP contribution in [0, 0.1) is 5.92 Å². The molecule has 156 valence electrons. The molecule has 0 bridgehead atoms. The number of ether oxygens (including phenoxy) is 1. The van der Waals surface area contributed by atoms with Gasteiger partial charge >= 0.3 is 6.09 Å². The summed E-state index contributed by atoms with van der Waals surface area (Å²) >= 11 is 0. The Morgan fingerprint density at radius 3 is 2.61 bits per heavy atom. The molecule has 2 rings (SSSR count). The SMILES string of the molecule is CC1=C(F)C=CC([C@]2(O)C[C@@H](C(N)=O)N(C(=O)CNC(=O)OC(C)(C)C)C2)C1. The summed E-state index contributed by atoms with van der Waals surface area (Å²) in [6.45, 7) is 6.16. The van der Waals surface area contributed by atoms with Crippen LogP contribution in [0.1, 0.15) is 40.5 Å². The number of amides is 3. The summed E-state index contributed by atoms with van der Waals surface area (Å²) in [5, 5.41) is 13.4. The molecular formula is C19H28FN3O5.